The molecule has 0 radical (unpaired) electrons. The number of amides is 2. The molecule has 0 spiro atoms. The second kappa shape index (κ2) is 10.5. The zero-order chi connectivity index (χ0) is 22.4. The van der Waals surface area contributed by atoms with E-state index in [0.717, 1.165) is 4.47 Å². The summed E-state index contributed by atoms with van der Waals surface area (Å²) in [5.74, 6) is -0.593. The Balaban J connectivity index is 1.63. The SMILES string of the molecule is CCn1c(SCC(=O)Nc2ccc(Br)cc2)nnc1[C@H](C)NC(=O)c1ccccc1F. The molecule has 0 bridgehead atoms. The van der Waals surface area contributed by atoms with E-state index in [1.54, 1.807) is 25.1 Å². The van der Waals surface area contributed by atoms with Crippen LogP contribution in [0.4, 0.5) is 10.1 Å². The molecule has 0 aliphatic rings. The van der Waals surface area contributed by atoms with Gasteiger partial charge in [0.05, 0.1) is 17.4 Å². The van der Waals surface area contributed by atoms with E-state index in [0.29, 0.717) is 23.2 Å². The Bertz CT molecular complexity index is 1070. The van der Waals surface area contributed by atoms with Crippen molar-refractivity contribution in [1.29, 1.82) is 0 Å². The predicted molar refractivity (Wildman–Crippen MR) is 121 cm³/mol. The molecule has 1 atom stereocenters. The summed E-state index contributed by atoms with van der Waals surface area (Å²) >= 11 is 4.61. The molecule has 0 fully saturated rings. The second-order valence-corrected chi connectivity index (χ2v) is 8.46. The number of rotatable bonds is 8. The van der Waals surface area contributed by atoms with Gasteiger partial charge in [-0.15, -0.1) is 10.2 Å². The molecule has 3 aromatic rings. The number of hydrogen-bond acceptors (Lipinski definition) is 5. The Morgan fingerprint density at radius 1 is 1.16 bits per heavy atom. The molecule has 10 heteroatoms. The van der Waals surface area contributed by atoms with Crippen LogP contribution in [-0.4, -0.2) is 32.3 Å². The average molecular weight is 506 g/mol. The van der Waals surface area contributed by atoms with E-state index >= 15 is 0 Å². The number of anilines is 1. The zero-order valence-corrected chi connectivity index (χ0v) is 19.3. The summed E-state index contributed by atoms with van der Waals surface area (Å²) in [7, 11) is 0. The van der Waals surface area contributed by atoms with E-state index in [1.807, 2.05) is 23.6 Å². The molecular formula is C21H21BrFN5O2S. The number of benzene rings is 2. The second-order valence-electron chi connectivity index (χ2n) is 6.60. The lowest BCUT2D eigenvalue weighted by atomic mass is 10.2. The summed E-state index contributed by atoms with van der Waals surface area (Å²) in [6.07, 6.45) is 0. The van der Waals surface area contributed by atoms with Crippen molar-refractivity contribution in [3.8, 4) is 0 Å². The predicted octanol–water partition coefficient (Wildman–Crippen LogP) is 4.42. The highest BCUT2D eigenvalue weighted by molar-refractivity contribution is 9.10. The lowest BCUT2D eigenvalue weighted by Gasteiger charge is -2.15. The smallest absolute Gasteiger partial charge is 0.254 e. The van der Waals surface area contributed by atoms with Crippen LogP contribution in [0.2, 0.25) is 0 Å². The monoisotopic (exact) mass is 505 g/mol. The highest BCUT2D eigenvalue weighted by Gasteiger charge is 2.21. The van der Waals surface area contributed by atoms with Crippen molar-refractivity contribution in [1.82, 2.24) is 20.1 Å². The van der Waals surface area contributed by atoms with Gasteiger partial charge in [0.15, 0.2) is 11.0 Å². The van der Waals surface area contributed by atoms with Crippen molar-refractivity contribution in [3.63, 3.8) is 0 Å². The third-order valence-corrected chi connectivity index (χ3v) is 5.87. The van der Waals surface area contributed by atoms with Gasteiger partial charge in [-0.2, -0.15) is 0 Å². The first-order valence-corrected chi connectivity index (χ1v) is 11.3. The number of carbonyl (C=O) groups excluding carboxylic acids is 2. The molecule has 0 saturated heterocycles. The quantitative estimate of drug-likeness (QED) is 0.442. The highest BCUT2D eigenvalue weighted by atomic mass is 79.9. The van der Waals surface area contributed by atoms with Crippen LogP contribution in [0.15, 0.2) is 58.2 Å². The molecule has 0 saturated carbocycles. The van der Waals surface area contributed by atoms with Crippen LogP contribution in [0.1, 0.15) is 36.1 Å². The third kappa shape index (κ3) is 5.92. The number of halogens is 2. The third-order valence-electron chi connectivity index (χ3n) is 4.38. The van der Waals surface area contributed by atoms with Gasteiger partial charge in [-0.3, -0.25) is 9.59 Å². The van der Waals surface area contributed by atoms with Crippen LogP contribution >= 0.6 is 27.7 Å². The standard InChI is InChI=1S/C21H21BrFN5O2S/c1-3-28-19(13(2)24-20(30)16-6-4-5-7-17(16)23)26-27-21(28)31-12-18(29)25-15-10-8-14(22)9-11-15/h4-11,13H,3,12H2,1-2H3,(H,24,30)(H,25,29)/t13-/m0/s1. The largest absolute Gasteiger partial charge is 0.342 e. The average Bonchev–Trinajstić information content (AvgIpc) is 3.17. The summed E-state index contributed by atoms with van der Waals surface area (Å²) < 4.78 is 16.6. The lowest BCUT2D eigenvalue weighted by Crippen LogP contribution is -2.29. The molecule has 0 unspecified atom stereocenters. The Hall–Kier alpha value is -2.72. The fourth-order valence-electron chi connectivity index (χ4n) is 2.87. The molecule has 2 amide bonds. The molecule has 0 aliphatic heterocycles. The first kappa shape index (κ1) is 23.0. The van der Waals surface area contributed by atoms with E-state index < -0.39 is 17.8 Å². The van der Waals surface area contributed by atoms with Crippen LogP contribution in [0.3, 0.4) is 0 Å². The molecule has 7 nitrogen and oxygen atoms in total. The van der Waals surface area contributed by atoms with Gasteiger partial charge in [-0.1, -0.05) is 39.8 Å². The number of aromatic nitrogens is 3. The van der Waals surface area contributed by atoms with Crippen molar-refractivity contribution in [2.45, 2.75) is 31.6 Å². The van der Waals surface area contributed by atoms with Gasteiger partial charge in [0.1, 0.15) is 5.82 Å². The molecule has 31 heavy (non-hydrogen) atoms. The molecule has 162 valence electrons. The van der Waals surface area contributed by atoms with E-state index in [-0.39, 0.29) is 17.2 Å². The summed E-state index contributed by atoms with van der Waals surface area (Å²) in [6, 6.07) is 12.6. The Labute approximate surface area is 192 Å². The van der Waals surface area contributed by atoms with Crippen molar-refractivity contribution in [2.24, 2.45) is 0 Å². The molecule has 3 rings (SSSR count). The van der Waals surface area contributed by atoms with Gasteiger partial charge in [0.25, 0.3) is 5.91 Å². The zero-order valence-electron chi connectivity index (χ0n) is 16.9. The molecular weight excluding hydrogens is 485 g/mol. The Morgan fingerprint density at radius 2 is 1.87 bits per heavy atom. The summed E-state index contributed by atoms with van der Waals surface area (Å²) in [5.41, 5.74) is 0.673. The highest BCUT2D eigenvalue weighted by Crippen LogP contribution is 2.22. The maximum absolute atomic E-state index is 13.9. The van der Waals surface area contributed by atoms with E-state index in [1.165, 1.54) is 30.0 Å². The summed E-state index contributed by atoms with van der Waals surface area (Å²) in [6.45, 7) is 4.23. The topological polar surface area (TPSA) is 88.9 Å². The number of nitrogens with one attached hydrogen (secondary N) is 2. The van der Waals surface area contributed by atoms with Gasteiger partial charge >= 0.3 is 0 Å². The van der Waals surface area contributed by atoms with Crippen LogP contribution in [0.25, 0.3) is 0 Å². The van der Waals surface area contributed by atoms with Crippen molar-refractivity contribution < 1.29 is 14.0 Å². The molecule has 2 aromatic carbocycles. The number of hydrogen-bond donors (Lipinski definition) is 2. The fraction of sp³-hybridized carbons (Fsp3) is 0.238. The minimum atomic E-state index is -0.586. The molecule has 1 aromatic heterocycles. The van der Waals surface area contributed by atoms with Crippen LogP contribution < -0.4 is 10.6 Å². The van der Waals surface area contributed by atoms with Crippen LogP contribution in [0, 0.1) is 5.82 Å². The van der Waals surface area contributed by atoms with E-state index in [2.05, 4.69) is 36.8 Å². The van der Waals surface area contributed by atoms with Crippen molar-refractivity contribution in [2.75, 3.05) is 11.1 Å². The normalized spacial score (nSPS) is 11.7. The number of nitrogens with zero attached hydrogens (tertiary/aromatic N) is 3. The maximum atomic E-state index is 13.9. The van der Waals surface area contributed by atoms with Crippen molar-refractivity contribution in [3.05, 3.63) is 70.2 Å². The lowest BCUT2D eigenvalue weighted by molar-refractivity contribution is -0.113. The molecule has 0 aliphatic carbocycles. The van der Waals surface area contributed by atoms with Gasteiger partial charge in [-0.05, 0) is 50.2 Å². The summed E-state index contributed by atoms with van der Waals surface area (Å²) in [4.78, 5) is 24.6. The van der Waals surface area contributed by atoms with E-state index in [4.69, 9.17) is 0 Å². The van der Waals surface area contributed by atoms with E-state index in [9.17, 15) is 14.0 Å². The summed E-state index contributed by atoms with van der Waals surface area (Å²) in [5, 5.41) is 14.5. The molecule has 2 N–H and O–H groups in total. The van der Waals surface area contributed by atoms with Crippen LogP contribution in [0.5, 0.6) is 0 Å². The minimum absolute atomic E-state index is 0.0314. The first-order valence-electron chi connectivity index (χ1n) is 9.55. The fourth-order valence-corrected chi connectivity index (χ4v) is 3.94. The van der Waals surface area contributed by atoms with Crippen LogP contribution in [-0.2, 0) is 11.3 Å². The number of carbonyl (C=O) groups is 2. The number of thioether (sulfide) groups is 1. The maximum Gasteiger partial charge on any atom is 0.254 e. The van der Waals surface area contributed by atoms with Crippen molar-refractivity contribution >= 4 is 45.2 Å². The van der Waals surface area contributed by atoms with Gasteiger partial charge in [0.2, 0.25) is 5.91 Å². The minimum Gasteiger partial charge on any atom is -0.342 e. The first-order chi connectivity index (χ1) is 14.9. The van der Waals surface area contributed by atoms with Gasteiger partial charge in [0, 0.05) is 16.7 Å². The van der Waals surface area contributed by atoms with Gasteiger partial charge < -0.3 is 15.2 Å². The van der Waals surface area contributed by atoms with Gasteiger partial charge in [-0.25, -0.2) is 4.39 Å². The molecule has 1 heterocycles. The Kier molecular flexibility index (Phi) is 7.80. The Morgan fingerprint density at radius 3 is 2.55 bits per heavy atom.